The molecule has 0 spiro atoms. The van der Waals surface area contributed by atoms with Gasteiger partial charge in [0, 0.05) is 4.90 Å². The Morgan fingerprint density at radius 2 is 1.88 bits per heavy atom. The van der Waals surface area contributed by atoms with Gasteiger partial charge in [-0.3, -0.25) is 13.8 Å². The number of carbonyl (C=O) groups excluding carboxylic acids is 1. The SMILES string of the molecule is CC(C(N)=O)S(=O)c1ccc(CC(=O)O)cc1. The molecule has 1 rings (SSSR count). The van der Waals surface area contributed by atoms with Crippen LogP contribution in [0.25, 0.3) is 0 Å². The van der Waals surface area contributed by atoms with E-state index >= 15 is 0 Å². The zero-order valence-corrected chi connectivity index (χ0v) is 10.1. The third-order valence-corrected chi connectivity index (χ3v) is 3.84. The maximum atomic E-state index is 11.8. The largest absolute Gasteiger partial charge is 0.481 e. The smallest absolute Gasteiger partial charge is 0.307 e. The molecule has 0 saturated carbocycles. The number of rotatable bonds is 5. The molecule has 1 amide bonds. The van der Waals surface area contributed by atoms with Gasteiger partial charge < -0.3 is 10.8 Å². The summed E-state index contributed by atoms with van der Waals surface area (Å²) in [6.45, 7) is 1.49. The molecule has 0 radical (unpaired) electrons. The lowest BCUT2D eigenvalue weighted by Crippen LogP contribution is -2.29. The highest BCUT2D eigenvalue weighted by atomic mass is 32.2. The van der Waals surface area contributed by atoms with Gasteiger partial charge in [-0.25, -0.2) is 0 Å². The third-order valence-electron chi connectivity index (χ3n) is 2.23. The first kappa shape index (κ1) is 13.4. The normalized spacial score (nSPS) is 13.9. The minimum atomic E-state index is -1.50. The fourth-order valence-corrected chi connectivity index (χ4v) is 2.25. The first-order valence-electron chi connectivity index (χ1n) is 4.92. The molecule has 5 nitrogen and oxygen atoms in total. The highest BCUT2D eigenvalue weighted by Crippen LogP contribution is 2.13. The Labute approximate surface area is 101 Å². The minimum absolute atomic E-state index is 0.0850. The van der Waals surface area contributed by atoms with E-state index in [1.165, 1.54) is 6.92 Å². The Balaban J connectivity index is 2.84. The van der Waals surface area contributed by atoms with Gasteiger partial charge in [0.15, 0.2) is 0 Å². The van der Waals surface area contributed by atoms with Gasteiger partial charge in [0.05, 0.1) is 17.2 Å². The Bertz CT molecular complexity index is 455. The van der Waals surface area contributed by atoms with Gasteiger partial charge in [-0.2, -0.15) is 0 Å². The number of hydrogen-bond donors (Lipinski definition) is 2. The van der Waals surface area contributed by atoms with Crippen LogP contribution in [-0.2, 0) is 26.8 Å². The molecule has 6 heteroatoms. The zero-order chi connectivity index (χ0) is 13.0. The molecule has 17 heavy (non-hydrogen) atoms. The van der Waals surface area contributed by atoms with E-state index in [-0.39, 0.29) is 6.42 Å². The van der Waals surface area contributed by atoms with E-state index in [4.69, 9.17) is 10.8 Å². The molecule has 0 aliphatic heterocycles. The molecule has 3 N–H and O–H groups in total. The maximum absolute atomic E-state index is 11.8. The summed E-state index contributed by atoms with van der Waals surface area (Å²) in [5.41, 5.74) is 5.68. The molecule has 0 heterocycles. The van der Waals surface area contributed by atoms with Crippen LogP contribution in [0.2, 0.25) is 0 Å². The number of nitrogens with two attached hydrogens (primary N) is 1. The van der Waals surface area contributed by atoms with E-state index in [1.807, 2.05) is 0 Å². The summed E-state index contributed by atoms with van der Waals surface area (Å²) in [5, 5.41) is 7.82. The van der Waals surface area contributed by atoms with E-state index in [2.05, 4.69) is 0 Å². The van der Waals surface area contributed by atoms with Crippen LogP contribution in [0.1, 0.15) is 12.5 Å². The van der Waals surface area contributed by atoms with E-state index in [0.29, 0.717) is 10.5 Å². The van der Waals surface area contributed by atoms with Gasteiger partial charge in [0.1, 0.15) is 5.25 Å². The standard InChI is InChI=1S/C11H13NO4S/c1-7(11(12)15)17(16)9-4-2-8(3-5-9)6-10(13)14/h2-5,7H,6H2,1H3,(H2,12,15)(H,13,14). The number of carboxylic acid groups (broad SMARTS) is 1. The van der Waals surface area contributed by atoms with Gasteiger partial charge in [-0.15, -0.1) is 0 Å². The van der Waals surface area contributed by atoms with E-state index < -0.39 is 27.9 Å². The van der Waals surface area contributed by atoms with E-state index in [9.17, 15) is 13.8 Å². The molecular weight excluding hydrogens is 242 g/mol. The van der Waals surface area contributed by atoms with Crippen LogP contribution in [0.4, 0.5) is 0 Å². The van der Waals surface area contributed by atoms with Crippen molar-refractivity contribution in [1.29, 1.82) is 0 Å². The van der Waals surface area contributed by atoms with Crippen molar-refractivity contribution in [3.8, 4) is 0 Å². The quantitative estimate of drug-likeness (QED) is 0.790. The minimum Gasteiger partial charge on any atom is -0.481 e. The second kappa shape index (κ2) is 5.58. The molecule has 92 valence electrons. The molecule has 1 aromatic carbocycles. The van der Waals surface area contributed by atoms with Crippen LogP contribution in [0, 0.1) is 0 Å². The predicted molar refractivity (Wildman–Crippen MR) is 62.8 cm³/mol. The Kier molecular flexibility index (Phi) is 4.39. The lowest BCUT2D eigenvalue weighted by atomic mass is 10.2. The second-order valence-electron chi connectivity index (χ2n) is 3.56. The summed E-state index contributed by atoms with van der Waals surface area (Å²) < 4.78 is 11.8. The molecule has 0 aliphatic rings. The molecule has 0 bridgehead atoms. The van der Waals surface area contributed by atoms with Gasteiger partial charge >= 0.3 is 5.97 Å². The average molecular weight is 255 g/mol. The van der Waals surface area contributed by atoms with Crippen LogP contribution in [0.3, 0.4) is 0 Å². The predicted octanol–water partition coefficient (Wildman–Crippen LogP) is 0.295. The van der Waals surface area contributed by atoms with Gasteiger partial charge in [0.25, 0.3) is 0 Å². The zero-order valence-electron chi connectivity index (χ0n) is 9.25. The topological polar surface area (TPSA) is 97.5 Å². The maximum Gasteiger partial charge on any atom is 0.307 e. The Hall–Kier alpha value is -1.69. The molecule has 0 aromatic heterocycles. The van der Waals surface area contributed by atoms with Crippen molar-refractivity contribution >= 4 is 22.7 Å². The number of primary amides is 1. The fourth-order valence-electron chi connectivity index (χ4n) is 1.23. The third kappa shape index (κ3) is 3.67. The lowest BCUT2D eigenvalue weighted by molar-refractivity contribution is -0.136. The van der Waals surface area contributed by atoms with Gasteiger partial charge in [-0.05, 0) is 24.6 Å². The number of benzene rings is 1. The molecule has 0 saturated heterocycles. The van der Waals surface area contributed by atoms with Crippen molar-refractivity contribution < 1.29 is 18.9 Å². The average Bonchev–Trinajstić information content (AvgIpc) is 2.27. The number of carbonyl (C=O) groups is 2. The van der Waals surface area contributed by atoms with Crippen molar-refractivity contribution in [1.82, 2.24) is 0 Å². The van der Waals surface area contributed by atoms with Crippen molar-refractivity contribution in [2.75, 3.05) is 0 Å². The first-order valence-corrected chi connectivity index (χ1v) is 6.13. The molecule has 2 unspecified atom stereocenters. The van der Waals surface area contributed by atoms with Crippen molar-refractivity contribution in [3.63, 3.8) is 0 Å². The summed E-state index contributed by atoms with van der Waals surface area (Å²) in [4.78, 5) is 21.8. The number of amides is 1. The molecule has 1 aromatic rings. The number of hydrogen-bond acceptors (Lipinski definition) is 3. The summed E-state index contributed by atoms with van der Waals surface area (Å²) in [6.07, 6.45) is -0.0850. The molecule has 0 aliphatic carbocycles. The van der Waals surface area contributed by atoms with Crippen LogP contribution < -0.4 is 5.73 Å². The summed E-state index contributed by atoms with van der Waals surface area (Å²) >= 11 is 0. The van der Waals surface area contributed by atoms with Crippen LogP contribution in [0.15, 0.2) is 29.2 Å². The first-order chi connectivity index (χ1) is 7.91. The van der Waals surface area contributed by atoms with Crippen LogP contribution >= 0.6 is 0 Å². The Morgan fingerprint density at radius 1 is 1.35 bits per heavy atom. The summed E-state index contributed by atoms with van der Waals surface area (Å²) in [7, 11) is -1.50. The van der Waals surface area contributed by atoms with E-state index in [0.717, 1.165) is 0 Å². The number of aliphatic carboxylic acids is 1. The van der Waals surface area contributed by atoms with Crippen molar-refractivity contribution in [2.24, 2.45) is 5.73 Å². The van der Waals surface area contributed by atoms with Crippen molar-refractivity contribution in [3.05, 3.63) is 29.8 Å². The monoisotopic (exact) mass is 255 g/mol. The van der Waals surface area contributed by atoms with Gasteiger partial charge in [0.2, 0.25) is 5.91 Å². The highest BCUT2D eigenvalue weighted by Gasteiger charge is 2.18. The van der Waals surface area contributed by atoms with Crippen LogP contribution in [-0.4, -0.2) is 26.4 Å². The van der Waals surface area contributed by atoms with E-state index in [1.54, 1.807) is 24.3 Å². The number of carboxylic acids is 1. The molecule has 2 atom stereocenters. The highest BCUT2D eigenvalue weighted by molar-refractivity contribution is 7.86. The Morgan fingerprint density at radius 3 is 2.29 bits per heavy atom. The summed E-state index contributed by atoms with van der Waals surface area (Å²) in [5.74, 6) is -1.55. The second-order valence-corrected chi connectivity index (χ2v) is 5.33. The summed E-state index contributed by atoms with van der Waals surface area (Å²) in [6, 6.07) is 6.26. The van der Waals surface area contributed by atoms with Crippen molar-refractivity contribution in [2.45, 2.75) is 23.5 Å². The van der Waals surface area contributed by atoms with Crippen LogP contribution in [0.5, 0.6) is 0 Å². The lowest BCUT2D eigenvalue weighted by Gasteiger charge is -2.07. The fraction of sp³-hybridized carbons (Fsp3) is 0.273. The molecular formula is C11H13NO4S. The molecule has 0 fully saturated rings. The van der Waals surface area contributed by atoms with Gasteiger partial charge in [-0.1, -0.05) is 12.1 Å².